The van der Waals surface area contributed by atoms with E-state index in [1.54, 1.807) is 24.3 Å². The van der Waals surface area contributed by atoms with Crippen LogP contribution in [0.2, 0.25) is 0 Å². The molecular formula is C11H16O2. The number of phenolic OH excluding ortho intramolecular Hbond substituents is 1. The van der Waals surface area contributed by atoms with E-state index in [4.69, 9.17) is 9.84 Å². The summed E-state index contributed by atoms with van der Waals surface area (Å²) in [4.78, 5) is 0. The van der Waals surface area contributed by atoms with Crippen LogP contribution in [0.1, 0.15) is 20.8 Å². The van der Waals surface area contributed by atoms with Crippen molar-refractivity contribution in [3.63, 3.8) is 0 Å². The zero-order chi connectivity index (χ0) is 9.90. The second-order valence-electron chi connectivity index (χ2n) is 4.34. The van der Waals surface area contributed by atoms with E-state index < -0.39 is 0 Å². The van der Waals surface area contributed by atoms with E-state index in [-0.39, 0.29) is 11.2 Å². The summed E-state index contributed by atoms with van der Waals surface area (Å²) >= 11 is 0. The molecule has 0 aliphatic heterocycles. The molecule has 0 atom stereocenters. The van der Waals surface area contributed by atoms with Gasteiger partial charge in [0.1, 0.15) is 11.5 Å². The third-order valence-corrected chi connectivity index (χ3v) is 1.51. The van der Waals surface area contributed by atoms with E-state index in [0.717, 1.165) is 5.75 Å². The minimum absolute atomic E-state index is 0.165. The lowest BCUT2D eigenvalue weighted by atomic mass is 9.99. The van der Waals surface area contributed by atoms with Crippen molar-refractivity contribution in [2.75, 3.05) is 6.61 Å². The Morgan fingerprint density at radius 3 is 2.15 bits per heavy atom. The molecule has 0 unspecified atom stereocenters. The summed E-state index contributed by atoms with van der Waals surface area (Å²) in [7, 11) is 0. The average molecular weight is 180 g/mol. The van der Waals surface area contributed by atoms with Crippen LogP contribution < -0.4 is 4.74 Å². The average Bonchev–Trinajstić information content (AvgIpc) is 2.02. The molecule has 0 heterocycles. The summed E-state index contributed by atoms with van der Waals surface area (Å²) in [6.07, 6.45) is 0. The molecule has 0 amide bonds. The lowest BCUT2D eigenvalue weighted by Gasteiger charge is -2.18. The molecule has 0 saturated carbocycles. The van der Waals surface area contributed by atoms with Crippen LogP contribution >= 0.6 is 0 Å². The highest BCUT2D eigenvalue weighted by atomic mass is 16.5. The van der Waals surface area contributed by atoms with Crippen molar-refractivity contribution in [3.05, 3.63) is 24.3 Å². The van der Waals surface area contributed by atoms with E-state index in [1.807, 2.05) is 0 Å². The molecule has 1 rings (SSSR count). The number of phenols is 1. The number of aromatic hydroxyl groups is 1. The molecule has 0 spiro atoms. The number of hydrogen-bond acceptors (Lipinski definition) is 2. The molecule has 1 aromatic carbocycles. The number of benzene rings is 1. The van der Waals surface area contributed by atoms with Crippen molar-refractivity contribution >= 4 is 0 Å². The SMILES string of the molecule is CC(C)(C)COc1ccc(O)cc1. The fraction of sp³-hybridized carbons (Fsp3) is 0.455. The van der Waals surface area contributed by atoms with Gasteiger partial charge in [-0.15, -0.1) is 0 Å². The van der Waals surface area contributed by atoms with Crippen molar-refractivity contribution in [2.24, 2.45) is 5.41 Å². The van der Waals surface area contributed by atoms with Gasteiger partial charge in [-0.05, 0) is 29.7 Å². The summed E-state index contributed by atoms with van der Waals surface area (Å²) in [5.41, 5.74) is 0.165. The summed E-state index contributed by atoms with van der Waals surface area (Å²) in [5.74, 6) is 1.07. The van der Waals surface area contributed by atoms with Crippen LogP contribution in [0.25, 0.3) is 0 Å². The topological polar surface area (TPSA) is 29.5 Å². The maximum atomic E-state index is 9.03. The standard InChI is InChI=1S/C11H16O2/c1-11(2,3)8-13-10-6-4-9(12)5-7-10/h4-7,12H,8H2,1-3H3. The largest absolute Gasteiger partial charge is 0.508 e. The summed E-state index contributed by atoms with van der Waals surface area (Å²) in [6.45, 7) is 7.03. The first-order valence-corrected chi connectivity index (χ1v) is 4.39. The normalized spacial score (nSPS) is 11.3. The minimum atomic E-state index is 0.165. The Labute approximate surface area is 79.2 Å². The quantitative estimate of drug-likeness (QED) is 0.758. The van der Waals surface area contributed by atoms with Crippen molar-refractivity contribution in [3.8, 4) is 11.5 Å². The molecule has 0 fully saturated rings. The van der Waals surface area contributed by atoms with Crippen LogP contribution in [-0.2, 0) is 0 Å². The van der Waals surface area contributed by atoms with Crippen molar-refractivity contribution in [1.29, 1.82) is 0 Å². The first-order valence-electron chi connectivity index (χ1n) is 4.39. The first-order chi connectivity index (χ1) is 5.97. The molecular weight excluding hydrogens is 164 g/mol. The Hall–Kier alpha value is -1.18. The maximum Gasteiger partial charge on any atom is 0.119 e. The first kappa shape index (κ1) is 9.90. The van der Waals surface area contributed by atoms with Crippen LogP contribution in [0.5, 0.6) is 11.5 Å². The van der Waals surface area contributed by atoms with Gasteiger partial charge in [0.25, 0.3) is 0 Å². The van der Waals surface area contributed by atoms with Crippen molar-refractivity contribution < 1.29 is 9.84 Å². The third kappa shape index (κ3) is 3.83. The lowest BCUT2D eigenvalue weighted by Crippen LogP contribution is -2.16. The molecule has 2 heteroatoms. The fourth-order valence-corrected chi connectivity index (χ4v) is 0.842. The van der Waals surface area contributed by atoms with Gasteiger partial charge in [0, 0.05) is 0 Å². The van der Waals surface area contributed by atoms with Crippen LogP contribution in [0.3, 0.4) is 0 Å². The summed E-state index contributed by atoms with van der Waals surface area (Å²) < 4.78 is 5.51. The molecule has 72 valence electrons. The number of hydrogen-bond donors (Lipinski definition) is 1. The van der Waals surface area contributed by atoms with Gasteiger partial charge < -0.3 is 9.84 Å². The maximum absolute atomic E-state index is 9.03. The highest BCUT2D eigenvalue weighted by Gasteiger charge is 2.10. The molecule has 0 saturated heterocycles. The highest BCUT2D eigenvalue weighted by molar-refractivity contribution is 5.30. The van der Waals surface area contributed by atoms with Gasteiger partial charge in [-0.25, -0.2) is 0 Å². The van der Waals surface area contributed by atoms with Crippen molar-refractivity contribution in [1.82, 2.24) is 0 Å². The second-order valence-corrected chi connectivity index (χ2v) is 4.34. The molecule has 0 aliphatic rings. The molecule has 1 N–H and O–H groups in total. The third-order valence-electron chi connectivity index (χ3n) is 1.51. The van der Waals surface area contributed by atoms with Crippen LogP contribution in [0, 0.1) is 5.41 Å². The number of rotatable bonds is 2. The van der Waals surface area contributed by atoms with Gasteiger partial charge in [-0.2, -0.15) is 0 Å². The van der Waals surface area contributed by atoms with Gasteiger partial charge in [0.15, 0.2) is 0 Å². The molecule has 0 bridgehead atoms. The zero-order valence-electron chi connectivity index (χ0n) is 8.37. The van der Waals surface area contributed by atoms with E-state index >= 15 is 0 Å². The molecule has 0 aromatic heterocycles. The minimum Gasteiger partial charge on any atom is -0.508 e. The Bertz CT molecular complexity index is 256. The molecule has 0 radical (unpaired) electrons. The Kier molecular flexibility index (Phi) is 2.81. The van der Waals surface area contributed by atoms with Crippen LogP contribution in [0.15, 0.2) is 24.3 Å². The molecule has 13 heavy (non-hydrogen) atoms. The summed E-state index contributed by atoms with van der Waals surface area (Å²) in [5, 5.41) is 9.03. The van der Waals surface area contributed by atoms with Crippen LogP contribution in [-0.4, -0.2) is 11.7 Å². The van der Waals surface area contributed by atoms with E-state index in [9.17, 15) is 0 Å². The predicted octanol–water partition coefficient (Wildman–Crippen LogP) is 2.82. The number of ether oxygens (including phenoxy) is 1. The molecule has 0 aliphatic carbocycles. The summed E-state index contributed by atoms with van der Waals surface area (Å²) in [6, 6.07) is 6.78. The zero-order valence-corrected chi connectivity index (χ0v) is 8.37. The fourth-order valence-electron chi connectivity index (χ4n) is 0.842. The Balaban J connectivity index is 2.51. The van der Waals surface area contributed by atoms with E-state index in [0.29, 0.717) is 6.61 Å². The van der Waals surface area contributed by atoms with Crippen molar-refractivity contribution in [2.45, 2.75) is 20.8 Å². The Morgan fingerprint density at radius 2 is 1.69 bits per heavy atom. The Morgan fingerprint density at radius 1 is 1.15 bits per heavy atom. The predicted molar refractivity (Wildman–Crippen MR) is 53.1 cm³/mol. The molecule has 1 aromatic rings. The smallest absolute Gasteiger partial charge is 0.119 e. The van der Waals surface area contributed by atoms with E-state index in [2.05, 4.69) is 20.8 Å². The van der Waals surface area contributed by atoms with E-state index in [1.165, 1.54) is 0 Å². The van der Waals surface area contributed by atoms with Crippen LogP contribution in [0.4, 0.5) is 0 Å². The second kappa shape index (κ2) is 3.69. The lowest BCUT2D eigenvalue weighted by molar-refractivity contribution is 0.198. The molecule has 2 nitrogen and oxygen atoms in total. The van der Waals surface area contributed by atoms with Gasteiger partial charge in [0.05, 0.1) is 6.61 Å². The monoisotopic (exact) mass is 180 g/mol. The van der Waals surface area contributed by atoms with Gasteiger partial charge in [0.2, 0.25) is 0 Å². The van der Waals surface area contributed by atoms with Gasteiger partial charge in [-0.3, -0.25) is 0 Å². The van der Waals surface area contributed by atoms with Gasteiger partial charge in [-0.1, -0.05) is 20.8 Å². The highest BCUT2D eigenvalue weighted by Crippen LogP contribution is 2.19. The van der Waals surface area contributed by atoms with Gasteiger partial charge >= 0.3 is 0 Å².